The molecule has 0 fully saturated rings. The van der Waals surface area contributed by atoms with Gasteiger partial charge in [0.1, 0.15) is 24.3 Å². The van der Waals surface area contributed by atoms with Crippen LogP contribution in [0.15, 0.2) is 53.1 Å². The number of rotatable bonds is 16. The fourth-order valence-electron chi connectivity index (χ4n) is 4.89. The molecule has 0 heterocycles. The zero-order valence-electron chi connectivity index (χ0n) is 26.0. The first kappa shape index (κ1) is 34.8. The van der Waals surface area contributed by atoms with Gasteiger partial charge in [0.2, 0.25) is 0 Å². The molecule has 1 N–H and O–H groups in total. The van der Waals surface area contributed by atoms with Crippen LogP contribution in [-0.4, -0.2) is 61.5 Å². The van der Waals surface area contributed by atoms with Crippen molar-refractivity contribution in [3.05, 3.63) is 58.7 Å². The van der Waals surface area contributed by atoms with Crippen LogP contribution in [0.2, 0.25) is 6.04 Å². The van der Waals surface area contributed by atoms with Gasteiger partial charge in [-0.1, -0.05) is 44.2 Å². The first-order valence-electron chi connectivity index (χ1n) is 14.7. The number of carbonyl (C=O) groups excluding carboxylic acids is 1. The fraction of sp³-hybridized carbons (Fsp3) is 0.531. The van der Waals surface area contributed by atoms with E-state index in [4.69, 9.17) is 18.0 Å². The maximum Gasteiger partial charge on any atom is 0.500 e. The second-order valence-corrected chi connectivity index (χ2v) is 13.6. The van der Waals surface area contributed by atoms with E-state index in [9.17, 15) is 15.3 Å². The van der Waals surface area contributed by atoms with Crippen molar-refractivity contribution in [2.45, 2.75) is 59.9 Å². The molecule has 1 aliphatic carbocycles. The Morgan fingerprint density at radius 2 is 1.64 bits per heavy atom. The number of ether oxygens (including phenoxy) is 1. The summed E-state index contributed by atoms with van der Waals surface area (Å²) in [7, 11) is -0.754. The van der Waals surface area contributed by atoms with Crippen molar-refractivity contribution in [2.24, 2.45) is 5.41 Å². The molecule has 0 unspecified atom stereocenters. The van der Waals surface area contributed by atoms with Gasteiger partial charge in [0.15, 0.2) is 0 Å². The van der Waals surface area contributed by atoms with E-state index in [2.05, 4.69) is 25.2 Å². The lowest BCUT2D eigenvalue weighted by Gasteiger charge is -2.30. The van der Waals surface area contributed by atoms with Gasteiger partial charge in [-0.25, -0.2) is 4.79 Å². The standard InChI is InChI=1S/C32H46N4O5Si/c1-7-39-42(40-8-2,41-9-3)20-10-17-35-31(37)38-19-18-36(6)30-15-13-26(14-16-30)11-12-27-21-28(29(24-33)25-34)23-32(4,5)22-27/h11-16,21H,7-10,17-20,22-23H2,1-6H3,(H,35,37)/b12-11+. The highest BCUT2D eigenvalue weighted by molar-refractivity contribution is 6.60. The van der Waals surface area contributed by atoms with E-state index in [-0.39, 0.29) is 17.6 Å². The Morgan fingerprint density at radius 3 is 2.21 bits per heavy atom. The molecule has 0 aliphatic heterocycles. The zero-order valence-corrected chi connectivity index (χ0v) is 27.0. The molecule has 1 aliphatic rings. The minimum absolute atomic E-state index is 0.0154. The predicted octanol–water partition coefficient (Wildman–Crippen LogP) is 6.39. The van der Waals surface area contributed by atoms with E-state index < -0.39 is 14.9 Å². The van der Waals surface area contributed by atoms with Crippen LogP contribution in [0.1, 0.15) is 59.4 Å². The smallest absolute Gasteiger partial charge is 0.448 e. The fourth-order valence-corrected chi connectivity index (χ4v) is 7.50. The summed E-state index contributed by atoms with van der Waals surface area (Å²) in [6.45, 7) is 12.9. The van der Waals surface area contributed by atoms with Crippen molar-refractivity contribution >= 4 is 26.7 Å². The Bertz CT molecular complexity index is 1160. The lowest BCUT2D eigenvalue weighted by Crippen LogP contribution is -2.46. The number of anilines is 1. The average Bonchev–Trinajstić information content (AvgIpc) is 2.95. The van der Waals surface area contributed by atoms with E-state index in [0.29, 0.717) is 51.8 Å². The zero-order chi connectivity index (χ0) is 31.0. The molecule has 1 aromatic rings. The molecular formula is C32H46N4O5Si. The number of carbonyl (C=O) groups is 1. The summed E-state index contributed by atoms with van der Waals surface area (Å²) in [5, 5.41) is 21.4. The van der Waals surface area contributed by atoms with Crippen molar-refractivity contribution in [3.8, 4) is 12.1 Å². The Balaban J connectivity index is 1.82. The SMILES string of the molecule is CCO[Si](CCCNC(=O)OCCN(C)c1ccc(/C=C/C2=CC(=C(C#N)C#N)CC(C)(C)C2)cc1)(OCC)OCC. The Hall–Kier alpha value is -3.41. The Kier molecular flexibility index (Phi) is 14.5. The van der Waals surface area contributed by atoms with Gasteiger partial charge >= 0.3 is 14.9 Å². The summed E-state index contributed by atoms with van der Waals surface area (Å²) < 4.78 is 22.9. The van der Waals surface area contributed by atoms with Gasteiger partial charge in [0.25, 0.3) is 0 Å². The maximum absolute atomic E-state index is 12.2. The Labute approximate surface area is 252 Å². The van der Waals surface area contributed by atoms with Gasteiger partial charge in [0.05, 0.1) is 6.54 Å². The molecule has 0 aromatic heterocycles. The highest BCUT2D eigenvalue weighted by atomic mass is 28.4. The number of likely N-dealkylation sites (N-methyl/N-ethyl adjacent to an activating group) is 1. The number of nitrogens with one attached hydrogen (secondary N) is 1. The molecule has 42 heavy (non-hydrogen) atoms. The maximum atomic E-state index is 12.2. The summed E-state index contributed by atoms with van der Waals surface area (Å²) in [6, 6.07) is 12.8. The summed E-state index contributed by atoms with van der Waals surface area (Å²) in [6.07, 6.45) is 7.90. The van der Waals surface area contributed by atoms with E-state index in [0.717, 1.165) is 28.8 Å². The van der Waals surface area contributed by atoms with E-state index in [1.165, 1.54) is 0 Å². The minimum Gasteiger partial charge on any atom is -0.448 e. The van der Waals surface area contributed by atoms with Crippen LogP contribution in [0, 0.1) is 28.1 Å². The molecular weight excluding hydrogens is 548 g/mol. The van der Waals surface area contributed by atoms with Gasteiger partial charge in [-0.3, -0.25) is 0 Å². The van der Waals surface area contributed by atoms with E-state index in [1.807, 2.05) is 81.3 Å². The number of benzene rings is 1. The van der Waals surface area contributed by atoms with Crippen molar-refractivity contribution < 1.29 is 22.8 Å². The van der Waals surface area contributed by atoms with E-state index >= 15 is 0 Å². The molecule has 1 amide bonds. The molecule has 228 valence electrons. The van der Waals surface area contributed by atoms with Crippen LogP contribution >= 0.6 is 0 Å². The number of nitriles is 2. The molecule has 1 aromatic carbocycles. The van der Waals surface area contributed by atoms with Crippen molar-refractivity contribution in [1.29, 1.82) is 10.5 Å². The Morgan fingerprint density at radius 1 is 1.02 bits per heavy atom. The summed E-state index contributed by atoms with van der Waals surface area (Å²) in [5.41, 5.74) is 4.13. The molecule has 10 heteroatoms. The molecule has 9 nitrogen and oxygen atoms in total. The van der Waals surface area contributed by atoms with Crippen LogP contribution in [0.4, 0.5) is 10.5 Å². The number of hydrogen-bond acceptors (Lipinski definition) is 8. The normalized spacial score (nSPS) is 14.6. The van der Waals surface area contributed by atoms with Crippen LogP contribution < -0.4 is 10.2 Å². The highest BCUT2D eigenvalue weighted by Gasteiger charge is 2.39. The molecule has 2 rings (SSSR count). The summed E-state index contributed by atoms with van der Waals surface area (Å²) in [4.78, 5) is 14.2. The molecule has 0 saturated heterocycles. The van der Waals surface area contributed by atoms with Gasteiger partial charge < -0.3 is 28.2 Å². The number of nitrogens with zero attached hydrogens (tertiary/aromatic N) is 3. The molecule has 0 bridgehead atoms. The highest BCUT2D eigenvalue weighted by Crippen LogP contribution is 2.39. The third-order valence-electron chi connectivity index (χ3n) is 6.76. The second kappa shape index (κ2) is 17.5. The summed E-state index contributed by atoms with van der Waals surface area (Å²) >= 11 is 0. The third kappa shape index (κ3) is 11.5. The van der Waals surface area contributed by atoms with Gasteiger partial charge in [0, 0.05) is 45.1 Å². The van der Waals surface area contributed by atoms with Gasteiger partial charge in [-0.05, 0) is 74.3 Å². The number of allylic oxidation sites excluding steroid dienone is 5. The number of hydrogen-bond donors (Lipinski definition) is 1. The minimum atomic E-state index is -2.71. The lowest BCUT2D eigenvalue weighted by molar-refractivity contribution is 0.0706. The molecule has 0 spiro atoms. The van der Waals surface area contributed by atoms with E-state index in [1.54, 1.807) is 0 Å². The van der Waals surface area contributed by atoms with Crippen LogP contribution in [0.5, 0.6) is 0 Å². The van der Waals surface area contributed by atoms with Crippen molar-refractivity contribution in [3.63, 3.8) is 0 Å². The second-order valence-electron chi connectivity index (χ2n) is 10.9. The third-order valence-corrected chi connectivity index (χ3v) is 9.91. The average molecular weight is 595 g/mol. The lowest BCUT2D eigenvalue weighted by atomic mass is 9.74. The summed E-state index contributed by atoms with van der Waals surface area (Å²) in [5.74, 6) is 0. The largest absolute Gasteiger partial charge is 0.500 e. The van der Waals surface area contributed by atoms with Crippen LogP contribution in [-0.2, 0) is 18.0 Å². The monoisotopic (exact) mass is 594 g/mol. The molecule has 0 radical (unpaired) electrons. The topological polar surface area (TPSA) is 117 Å². The molecule has 0 saturated carbocycles. The predicted molar refractivity (Wildman–Crippen MR) is 168 cm³/mol. The van der Waals surface area contributed by atoms with Gasteiger partial charge in [-0.2, -0.15) is 10.5 Å². The van der Waals surface area contributed by atoms with Crippen LogP contribution in [0.25, 0.3) is 6.08 Å². The molecule has 0 atom stereocenters. The number of amides is 1. The van der Waals surface area contributed by atoms with Crippen molar-refractivity contribution in [1.82, 2.24) is 5.32 Å². The van der Waals surface area contributed by atoms with Crippen molar-refractivity contribution in [2.75, 3.05) is 51.5 Å². The quantitative estimate of drug-likeness (QED) is 0.133. The van der Waals surface area contributed by atoms with Gasteiger partial charge in [-0.15, -0.1) is 0 Å². The first-order chi connectivity index (χ1) is 20.1. The first-order valence-corrected chi connectivity index (χ1v) is 16.6. The number of alkyl carbamates (subject to hydrolysis) is 1. The van der Waals surface area contributed by atoms with Crippen LogP contribution in [0.3, 0.4) is 0 Å².